The number of ether oxygens (including phenoxy) is 1. The first kappa shape index (κ1) is 14.2. The first-order valence-electron chi connectivity index (χ1n) is 6.38. The summed E-state index contributed by atoms with van der Waals surface area (Å²) in [6.45, 7) is 3.91. The third-order valence-corrected chi connectivity index (χ3v) is 3.48. The van der Waals surface area contributed by atoms with Crippen LogP contribution in [0.25, 0.3) is 11.3 Å². The maximum atomic E-state index is 5.82. The molecule has 0 spiro atoms. The van der Waals surface area contributed by atoms with E-state index in [-0.39, 0.29) is 0 Å². The van der Waals surface area contributed by atoms with Crippen LogP contribution in [0.4, 0.5) is 0 Å². The smallest absolute Gasteiger partial charge is 0.134 e. The van der Waals surface area contributed by atoms with Crippen molar-refractivity contribution >= 4 is 15.9 Å². The highest BCUT2D eigenvalue weighted by Gasteiger charge is 2.07. The molecule has 0 aliphatic heterocycles. The molecular formula is C15H18BrNO2. The Bertz CT molecular complexity index is 537. The molecule has 4 heteroatoms. The van der Waals surface area contributed by atoms with Crippen molar-refractivity contribution in [1.82, 2.24) is 5.32 Å². The quantitative estimate of drug-likeness (QED) is 0.808. The zero-order chi connectivity index (χ0) is 13.7. The van der Waals surface area contributed by atoms with Gasteiger partial charge in [0.2, 0.25) is 0 Å². The summed E-state index contributed by atoms with van der Waals surface area (Å²) < 4.78 is 12.1. The van der Waals surface area contributed by atoms with Crippen molar-refractivity contribution in [3.05, 3.63) is 40.6 Å². The van der Waals surface area contributed by atoms with Gasteiger partial charge in [-0.2, -0.15) is 0 Å². The van der Waals surface area contributed by atoms with E-state index in [0.717, 1.165) is 46.8 Å². The van der Waals surface area contributed by atoms with Gasteiger partial charge in [-0.1, -0.05) is 6.92 Å². The van der Waals surface area contributed by atoms with Crippen LogP contribution in [0.5, 0.6) is 5.75 Å². The summed E-state index contributed by atoms with van der Waals surface area (Å²) in [4.78, 5) is 0. The predicted octanol–water partition coefficient (Wildman–Crippen LogP) is 4.22. The minimum absolute atomic E-state index is 0.765. The molecule has 0 unspecified atom stereocenters. The fourth-order valence-corrected chi connectivity index (χ4v) is 2.24. The predicted molar refractivity (Wildman–Crippen MR) is 80.4 cm³/mol. The van der Waals surface area contributed by atoms with Gasteiger partial charge in [0, 0.05) is 5.56 Å². The molecule has 0 aliphatic rings. The van der Waals surface area contributed by atoms with E-state index in [2.05, 4.69) is 28.2 Å². The molecule has 0 atom stereocenters. The first-order valence-corrected chi connectivity index (χ1v) is 7.17. The van der Waals surface area contributed by atoms with Gasteiger partial charge in [-0.25, -0.2) is 0 Å². The second-order valence-corrected chi connectivity index (χ2v) is 5.15. The number of hydrogen-bond acceptors (Lipinski definition) is 3. The van der Waals surface area contributed by atoms with Crippen molar-refractivity contribution < 1.29 is 9.15 Å². The van der Waals surface area contributed by atoms with Crippen LogP contribution >= 0.6 is 15.9 Å². The minimum atomic E-state index is 0.765. The lowest BCUT2D eigenvalue weighted by atomic mass is 10.1. The molecule has 0 saturated heterocycles. The Labute approximate surface area is 122 Å². The summed E-state index contributed by atoms with van der Waals surface area (Å²) >= 11 is 3.44. The SMILES string of the molecule is CCCNCc1ccc(-c2ccc(Br)c(OC)c2)o1. The van der Waals surface area contributed by atoms with Gasteiger partial charge < -0.3 is 14.5 Å². The van der Waals surface area contributed by atoms with Gasteiger partial charge in [0.05, 0.1) is 18.1 Å². The van der Waals surface area contributed by atoms with Gasteiger partial charge in [0.25, 0.3) is 0 Å². The molecule has 0 bridgehead atoms. The van der Waals surface area contributed by atoms with Crippen molar-refractivity contribution in [3.8, 4) is 17.1 Å². The first-order chi connectivity index (χ1) is 9.24. The third kappa shape index (κ3) is 3.61. The maximum absolute atomic E-state index is 5.82. The second kappa shape index (κ2) is 6.78. The molecule has 102 valence electrons. The van der Waals surface area contributed by atoms with Crippen LogP contribution in [0, 0.1) is 0 Å². The van der Waals surface area contributed by atoms with E-state index in [1.165, 1.54) is 0 Å². The summed E-state index contributed by atoms with van der Waals surface area (Å²) in [5, 5.41) is 3.32. The Morgan fingerprint density at radius 3 is 2.84 bits per heavy atom. The number of methoxy groups -OCH3 is 1. The molecular weight excluding hydrogens is 306 g/mol. The molecule has 1 aromatic heterocycles. The molecule has 0 amide bonds. The van der Waals surface area contributed by atoms with E-state index < -0.39 is 0 Å². The highest BCUT2D eigenvalue weighted by molar-refractivity contribution is 9.10. The molecule has 0 fully saturated rings. The number of furan rings is 1. The standard InChI is InChI=1S/C15H18BrNO2/c1-3-8-17-10-12-5-7-14(19-12)11-4-6-13(16)15(9-11)18-2/h4-7,9,17H,3,8,10H2,1-2H3. The van der Waals surface area contributed by atoms with Gasteiger partial charge in [-0.3, -0.25) is 0 Å². The monoisotopic (exact) mass is 323 g/mol. The van der Waals surface area contributed by atoms with Gasteiger partial charge in [-0.05, 0) is 59.2 Å². The average molecular weight is 324 g/mol. The molecule has 1 heterocycles. The Morgan fingerprint density at radius 2 is 2.11 bits per heavy atom. The van der Waals surface area contributed by atoms with Crippen LogP contribution in [-0.4, -0.2) is 13.7 Å². The molecule has 2 rings (SSSR count). The van der Waals surface area contributed by atoms with E-state index in [4.69, 9.17) is 9.15 Å². The largest absolute Gasteiger partial charge is 0.496 e. The highest BCUT2D eigenvalue weighted by Crippen LogP contribution is 2.31. The topological polar surface area (TPSA) is 34.4 Å². The molecule has 0 saturated carbocycles. The summed E-state index contributed by atoms with van der Waals surface area (Å²) in [7, 11) is 1.66. The number of hydrogen-bond donors (Lipinski definition) is 1. The molecule has 0 radical (unpaired) electrons. The van der Waals surface area contributed by atoms with Crippen LogP contribution in [0.1, 0.15) is 19.1 Å². The van der Waals surface area contributed by atoms with Crippen LogP contribution in [0.15, 0.2) is 39.2 Å². The van der Waals surface area contributed by atoms with Gasteiger partial charge >= 0.3 is 0 Å². The lowest BCUT2D eigenvalue weighted by molar-refractivity contribution is 0.412. The number of halogens is 1. The van der Waals surface area contributed by atoms with Crippen LogP contribution in [-0.2, 0) is 6.54 Å². The minimum Gasteiger partial charge on any atom is -0.496 e. The van der Waals surface area contributed by atoms with Crippen molar-refractivity contribution in [1.29, 1.82) is 0 Å². The highest BCUT2D eigenvalue weighted by atomic mass is 79.9. The van der Waals surface area contributed by atoms with Crippen molar-refractivity contribution in [3.63, 3.8) is 0 Å². The Morgan fingerprint density at radius 1 is 1.26 bits per heavy atom. The van der Waals surface area contributed by atoms with Crippen LogP contribution < -0.4 is 10.1 Å². The van der Waals surface area contributed by atoms with E-state index in [1.807, 2.05) is 30.3 Å². The molecule has 2 aromatic rings. The van der Waals surface area contributed by atoms with Crippen LogP contribution in [0.2, 0.25) is 0 Å². The zero-order valence-corrected chi connectivity index (χ0v) is 12.8. The van der Waals surface area contributed by atoms with E-state index in [0.29, 0.717) is 0 Å². The van der Waals surface area contributed by atoms with E-state index in [9.17, 15) is 0 Å². The zero-order valence-electron chi connectivity index (χ0n) is 11.2. The number of benzene rings is 1. The average Bonchev–Trinajstić information content (AvgIpc) is 2.88. The molecule has 3 nitrogen and oxygen atoms in total. The Kier molecular flexibility index (Phi) is 5.05. The van der Waals surface area contributed by atoms with Gasteiger partial charge in [0.1, 0.15) is 17.3 Å². The van der Waals surface area contributed by atoms with Crippen molar-refractivity contribution in [2.45, 2.75) is 19.9 Å². The van der Waals surface area contributed by atoms with Crippen molar-refractivity contribution in [2.24, 2.45) is 0 Å². The second-order valence-electron chi connectivity index (χ2n) is 4.29. The molecule has 0 aliphatic carbocycles. The summed E-state index contributed by atoms with van der Waals surface area (Å²) in [5.41, 5.74) is 1.02. The summed E-state index contributed by atoms with van der Waals surface area (Å²) in [6.07, 6.45) is 1.12. The van der Waals surface area contributed by atoms with Crippen molar-refractivity contribution in [2.75, 3.05) is 13.7 Å². The fraction of sp³-hybridized carbons (Fsp3) is 0.333. The van der Waals surface area contributed by atoms with Gasteiger partial charge in [-0.15, -0.1) is 0 Å². The summed E-state index contributed by atoms with van der Waals surface area (Å²) in [6, 6.07) is 9.94. The lowest BCUT2D eigenvalue weighted by Crippen LogP contribution is -2.12. The fourth-order valence-electron chi connectivity index (χ4n) is 1.83. The lowest BCUT2D eigenvalue weighted by Gasteiger charge is -2.05. The Hall–Kier alpha value is -1.26. The summed E-state index contributed by atoms with van der Waals surface area (Å²) in [5.74, 6) is 2.61. The third-order valence-electron chi connectivity index (χ3n) is 2.82. The molecule has 1 aromatic carbocycles. The maximum Gasteiger partial charge on any atom is 0.134 e. The molecule has 1 N–H and O–H groups in total. The number of rotatable bonds is 6. The Balaban J connectivity index is 2.13. The number of nitrogens with one attached hydrogen (secondary N) is 1. The van der Waals surface area contributed by atoms with E-state index >= 15 is 0 Å². The van der Waals surface area contributed by atoms with E-state index in [1.54, 1.807) is 7.11 Å². The normalized spacial score (nSPS) is 10.7. The van der Waals surface area contributed by atoms with Gasteiger partial charge in [0.15, 0.2) is 0 Å². The van der Waals surface area contributed by atoms with Crippen LogP contribution in [0.3, 0.4) is 0 Å². The molecule has 19 heavy (non-hydrogen) atoms.